The van der Waals surface area contributed by atoms with Crippen LogP contribution in [0, 0.1) is 0 Å². The fraction of sp³-hybridized carbons (Fsp3) is 0.231. The van der Waals surface area contributed by atoms with Gasteiger partial charge in [-0.15, -0.1) is 0 Å². The number of hydrazone groups is 1. The minimum Gasteiger partial charge on any atom is -0.389 e. The summed E-state index contributed by atoms with van der Waals surface area (Å²) in [4.78, 5) is 4.96. The summed E-state index contributed by atoms with van der Waals surface area (Å²) in [5.74, 6) is 0.0745. The molecule has 5 nitrogen and oxygen atoms in total. The molecule has 3 N–H and O–H groups in total. The molecule has 6 heteroatoms. The molecule has 0 aliphatic heterocycles. The van der Waals surface area contributed by atoms with E-state index in [2.05, 4.69) is 15.7 Å². The molecule has 0 heterocycles. The van der Waals surface area contributed by atoms with Crippen molar-refractivity contribution < 1.29 is 4.84 Å². The smallest absolute Gasteiger partial charge is 0.251 e. The van der Waals surface area contributed by atoms with E-state index in [4.69, 9.17) is 22.2 Å². The number of allylic oxidation sites excluding steroid dienone is 1. The average molecular weight is 281 g/mol. The number of nitrogens with two attached hydrogens (primary N) is 1. The van der Waals surface area contributed by atoms with Gasteiger partial charge in [-0.05, 0) is 31.1 Å². The highest BCUT2D eigenvalue weighted by atomic mass is 35.5. The summed E-state index contributed by atoms with van der Waals surface area (Å²) in [5.41, 5.74) is 10.0. The predicted octanol–water partition coefficient (Wildman–Crippen LogP) is 2.48. The van der Waals surface area contributed by atoms with Crippen LogP contribution in [0.25, 0.3) is 0 Å². The molecule has 1 aromatic carbocycles. The second kappa shape index (κ2) is 8.16. The molecule has 0 radical (unpaired) electrons. The number of nitrogens with one attached hydrogen (secondary N) is 1. The second-order valence-corrected chi connectivity index (χ2v) is 4.35. The molecule has 0 saturated carbocycles. The van der Waals surface area contributed by atoms with Gasteiger partial charge in [-0.1, -0.05) is 35.4 Å². The number of nitrogens with zero attached hydrogens (tertiary/aromatic N) is 2. The van der Waals surface area contributed by atoms with Gasteiger partial charge in [-0.25, -0.2) is 5.43 Å². The maximum atomic E-state index is 5.96. The molecule has 0 bridgehead atoms. The Balaban J connectivity index is 2.41. The minimum atomic E-state index is 0.0745. The van der Waals surface area contributed by atoms with Gasteiger partial charge in [0.2, 0.25) is 0 Å². The zero-order chi connectivity index (χ0) is 14.1. The summed E-state index contributed by atoms with van der Waals surface area (Å²) in [6.07, 6.45) is 3.45. The Morgan fingerprint density at radius 2 is 2.16 bits per heavy atom. The van der Waals surface area contributed by atoms with E-state index in [0.29, 0.717) is 11.6 Å². The molecule has 0 aliphatic rings. The zero-order valence-corrected chi connectivity index (χ0v) is 11.7. The van der Waals surface area contributed by atoms with Crippen LogP contribution in [-0.4, -0.2) is 18.8 Å². The van der Waals surface area contributed by atoms with E-state index in [0.717, 1.165) is 11.1 Å². The summed E-state index contributed by atoms with van der Waals surface area (Å²) in [6, 6.07) is 7.34. The summed E-state index contributed by atoms with van der Waals surface area (Å²) in [6.45, 7) is 4.32. The Morgan fingerprint density at radius 3 is 2.84 bits per heavy atom. The summed E-state index contributed by atoms with van der Waals surface area (Å²) in [7, 11) is 0. The molecule has 0 aromatic heterocycles. The Morgan fingerprint density at radius 1 is 1.42 bits per heavy atom. The van der Waals surface area contributed by atoms with E-state index in [1.54, 1.807) is 12.3 Å². The molecule has 102 valence electrons. The highest BCUT2D eigenvalue weighted by molar-refractivity contribution is 6.33. The lowest BCUT2D eigenvalue weighted by Crippen LogP contribution is -2.27. The van der Waals surface area contributed by atoms with E-state index in [1.165, 1.54) is 0 Å². The van der Waals surface area contributed by atoms with Crippen LogP contribution < -0.4 is 11.2 Å². The lowest BCUT2D eigenvalue weighted by atomic mass is 10.2. The van der Waals surface area contributed by atoms with Crippen molar-refractivity contribution in [2.45, 2.75) is 13.8 Å². The number of hydrogen-bond donors (Lipinski definition) is 2. The van der Waals surface area contributed by atoms with E-state index in [-0.39, 0.29) is 5.96 Å². The first-order valence-electron chi connectivity index (χ1n) is 5.72. The molecule has 19 heavy (non-hydrogen) atoms. The van der Waals surface area contributed by atoms with Crippen molar-refractivity contribution in [2.75, 3.05) is 6.61 Å². The molecule has 0 unspecified atom stereocenters. The standard InChI is InChI=1S/C13H17ClN4O/c1-10(2)7-8-19-18-13(15)17-16-9-11-5-3-4-6-12(11)14/h3-7,9H,8H2,1-2H3,(H3,15,17,18)/b16-9+. The summed E-state index contributed by atoms with van der Waals surface area (Å²) in [5, 5.41) is 8.16. The van der Waals surface area contributed by atoms with Crippen molar-refractivity contribution >= 4 is 23.8 Å². The largest absolute Gasteiger partial charge is 0.389 e. The third-order valence-electron chi connectivity index (χ3n) is 2.02. The lowest BCUT2D eigenvalue weighted by Gasteiger charge is -2.00. The van der Waals surface area contributed by atoms with Crippen molar-refractivity contribution in [3.63, 3.8) is 0 Å². The van der Waals surface area contributed by atoms with Gasteiger partial charge >= 0.3 is 0 Å². The molecule has 1 rings (SSSR count). The van der Waals surface area contributed by atoms with Gasteiger partial charge in [0.05, 0.1) is 6.21 Å². The van der Waals surface area contributed by atoms with E-state index < -0.39 is 0 Å². The molecule has 0 aliphatic carbocycles. The minimum absolute atomic E-state index is 0.0745. The Bertz CT molecular complexity index is 493. The fourth-order valence-electron chi connectivity index (χ4n) is 1.08. The number of halogens is 1. The van der Waals surface area contributed by atoms with Crippen molar-refractivity contribution in [2.24, 2.45) is 16.0 Å². The number of benzene rings is 1. The summed E-state index contributed by atoms with van der Waals surface area (Å²) < 4.78 is 0. The third-order valence-corrected chi connectivity index (χ3v) is 2.36. The number of guanidine groups is 1. The van der Waals surface area contributed by atoms with Gasteiger partial charge in [0.1, 0.15) is 6.61 Å². The van der Waals surface area contributed by atoms with Crippen molar-refractivity contribution in [3.05, 3.63) is 46.5 Å². The first-order chi connectivity index (χ1) is 9.09. The van der Waals surface area contributed by atoms with Crippen molar-refractivity contribution in [1.29, 1.82) is 0 Å². The average Bonchev–Trinajstić information content (AvgIpc) is 2.37. The molecule has 0 atom stereocenters. The van der Waals surface area contributed by atoms with Crippen LogP contribution in [-0.2, 0) is 4.84 Å². The first kappa shape index (κ1) is 15.0. The Hall–Kier alpha value is -2.01. The van der Waals surface area contributed by atoms with Crippen LogP contribution in [0.4, 0.5) is 0 Å². The molecule has 1 aromatic rings. The van der Waals surface area contributed by atoms with Crippen LogP contribution in [0.3, 0.4) is 0 Å². The van der Waals surface area contributed by atoms with Crippen molar-refractivity contribution in [3.8, 4) is 0 Å². The van der Waals surface area contributed by atoms with Gasteiger partial charge < -0.3 is 10.6 Å². The van der Waals surface area contributed by atoms with E-state index in [1.807, 2.05) is 38.1 Å². The molecule has 0 fully saturated rings. The summed E-state index contributed by atoms with van der Waals surface area (Å²) >= 11 is 5.96. The van der Waals surface area contributed by atoms with Crippen LogP contribution in [0.1, 0.15) is 19.4 Å². The molecular formula is C13H17ClN4O. The SMILES string of the molecule is CC(C)=CCO/N=C(\N)N/N=C/c1ccccc1Cl. The zero-order valence-electron chi connectivity index (χ0n) is 10.9. The predicted molar refractivity (Wildman–Crippen MR) is 79.2 cm³/mol. The number of hydrogen-bond acceptors (Lipinski definition) is 3. The number of rotatable bonds is 5. The lowest BCUT2D eigenvalue weighted by molar-refractivity contribution is 0.172. The van der Waals surface area contributed by atoms with Gasteiger partial charge in [0.15, 0.2) is 0 Å². The quantitative estimate of drug-likeness (QED) is 0.286. The monoisotopic (exact) mass is 280 g/mol. The highest BCUT2D eigenvalue weighted by Gasteiger charge is 1.94. The third kappa shape index (κ3) is 6.47. The van der Waals surface area contributed by atoms with Crippen molar-refractivity contribution in [1.82, 2.24) is 5.43 Å². The Kier molecular flexibility index (Phi) is 6.46. The van der Waals surface area contributed by atoms with Gasteiger partial charge in [-0.3, -0.25) is 0 Å². The maximum absolute atomic E-state index is 5.96. The highest BCUT2D eigenvalue weighted by Crippen LogP contribution is 2.11. The Labute approximate surface area is 117 Å². The fourth-order valence-corrected chi connectivity index (χ4v) is 1.26. The molecule has 0 spiro atoms. The normalized spacial score (nSPS) is 11.4. The molecular weight excluding hydrogens is 264 g/mol. The van der Waals surface area contributed by atoms with Gasteiger partial charge in [-0.2, -0.15) is 5.10 Å². The topological polar surface area (TPSA) is 72.0 Å². The molecule has 0 saturated heterocycles. The van der Waals surface area contributed by atoms with Gasteiger partial charge in [0, 0.05) is 10.6 Å². The number of oxime groups is 1. The second-order valence-electron chi connectivity index (χ2n) is 3.95. The maximum Gasteiger partial charge on any atom is 0.251 e. The van der Waals surface area contributed by atoms with E-state index in [9.17, 15) is 0 Å². The van der Waals surface area contributed by atoms with Crippen LogP contribution >= 0.6 is 11.6 Å². The molecule has 0 amide bonds. The van der Waals surface area contributed by atoms with E-state index >= 15 is 0 Å². The first-order valence-corrected chi connectivity index (χ1v) is 6.10. The van der Waals surface area contributed by atoms with Crippen LogP contribution in [0.5, 0.6) is 0 Å². The van der Waals surface area contributed by atoms with Gasteiger partial charge in [0.25, 0.3) is 5.96 Å². The van der Waals surface area contributed by atoms with Crippen LogP contribution in [0.2, 0.25) is 5.02 Å². The van der Waals surface area contributed by atoms with Crippen LogP contribution in [0.15, 0.2) is 46.2 Å².